The number of phenolic OH excluding ortho intramolecular Hbond substituents is 1. The van der Waals surface area contributed by atoms with Gasteiger partial charge in [-0.2, -0.15) is 5.10 Å². The van der Waals surface area contributed by atoms with Gasteiger partial charge >= 0.3 is 0 Å². The first-order valence-corrected chi connectivity index (χ1v) is 8.70. The normalized spacial score (nSPS) is 17.8. The van der Waals surface area contributed by atoms with E-state index in [2.05, 4.69) is 37.0 Å². The Labute approximate surface area is 149 Å². The summed E-state index contributed by atoms with van der Waals surface area (Å²) in [5.41, 5.74) is 0.211. The summed E-state index contributed by atoms with van der Waals surface area (Å²) in [6.07, 6.45) is 3.53. The number of hydrogen-bond donors (Lipinski definition) is 1. The van der Waals surface area contributed by atoms with Gasteiger partial charge in [-0.3, -0.25) is 9.69 Å². The fraction of sp³-hybridized carbons (Fsp3) is 0.333. The molecule has 0 bridgehead atoms. The van der Waals surface area contributed by atoms with Gasteiger partial charge in [-0.1, -0.05) is 0 Å². The van der Waals surface area contributed by atoms with Crippen LogP contribution in [-0.4, -0.2) is 32.9 Å². The zero-order chi connectivity index (χ0) is 16.4. The Hall–Kier alpha value is -1.54. The Bertz CT molecular complexity index is 806. The molecule has 0 unspecified atom stereocenters. The van der Waals surface area contributed by atoms with E-state index in [1.54, 1.807) is 35.0 Å². The monoisotopic (exact) mass is 441 g/mol. The lowest BCUT2D eigenvalue weighted by molar-refractivity contribution is 0.0940. The second-order valence-corrected chi connectivity index (χ2v) is 7.63. The van der Waals surface area contributed by atoms with E-state index in [4.69, 9.17) is 4.74 Å². The van der Waals surface area contributed by atoms with Crippen LogP contribution in [0.4, 0.5) is 5.82 Å². The standard InChI is InChI=1S/C15H13Br2N3O3/c1-19-13-11(6-18-19)23-15(2-3-15)7-20(13)14(22)8-4-9(16)12(21)10(17)5-8/h4-6,21H,2-3,7H2,1H3. The van der Waals surface area contributed by atoms with Crippen molar-refractivity contribution in [1.29, 1.82) is 0 Å². The molecule has 0 atom stereocenters. The predicted molar refractivity (Wildman–Crippen MR) is 91.0 cm³/mol. The lowest BCUT2D eigenvalue weighted by atomic mass is 10.1. The van der Waals surface area contributed by atoms with Gasteiger partial charge in [0.25, 0.3) is 5.91 Å². The SMILES string of the molecule is Cn1ncc2c1N(C(=O)c1cc(Br)c(O)c(Br)c1)CC1(CC1)O2. The number of carbonyl (C=O) groups excluding carboxylic acids is 1. The third-order valence-electron chi connectivity index (χ3n) is 4.22. The highest BCUT2D eigenvalue weighted by molar-refractivity contribution is 9.11. The maximum atomic E-state index is 13.0. The van der Waals surface area contributed by atoms with E-state index >= 15 is 0 Å². The molecule has 2 aliphatic rings. The first kappa shape index (κ1) is 15.0. The number of phenols is 1. The van der Waals surface area contributed by atoms with Crippen molar-refractivity contribution in [3.63, 3.8) is 0 Å². The summed E-state index contributed by atoms with van der Waals surface area (Å²) in [6.45, 7) is 0.508. The van der Waals surface area contributed by atoms with Crippen LogP contribution in [0.1, 0.15) is 23.2 Å². The van der Waals surface area contributed by atoms with Gasteiger partial charge in [0.05, 0.1) is 21.7 Å². The van der Waals surface area contributed by atoms with E-state index in [1.807, 2.05) is 0 Å². The number of hydrogen-bond acceptors (Lipinski definition) is 4. The van der Waals surface area contributed by atoms with Crippen LogP contribution in [-0.2, 0) is 7.05 Å². The Morgan fingerprint density at radius 3 is 2.61 bits per heavy atom. The molecule has 4 rings (SSSR count). The number of benzene rings is 1. The Balaban J connectivity index is 1.78. The van der Waals surface area contributed by atoms with Gasteiger partial charge in [0.2, 0.25) is 0 Å². The van der Waals surface area contributed by atoms with Crippen LogP contribution in [0.5, 0.6) is 11.5 Å². The lowest BCUT2D eigenvalue weighted by Gasteiger charge is -2.33. The van der Waals surface area contributed by atoms with E-state index < -0.39 is 0 Å². The Kier molecular flexibility index (Phi) is 3.25. The number of nitrogens with zero attached hydrogens (tertiary/aromatic N) is 3. The number of ether oxygens (including phenoxy) is 1. The largest absolute Gasteiger partial charge is 0.506 e. The predicted octanol–water partition coefficient (Wildman–Crippen LogP) is 3.22. The molecule has 8 heteroatoms. The van der Waals surface area contributed by atoms with Gasteiger partial charge in [-0.15, -0.1) is 0 Å². The molecule has 1 aliphatic heterocycles. The molecule has 1 amide bonds. The number of rotatable bonds is 1. The van der Waals surface area contributed by atoms with E-state index in [1.165, 1.54) is 0 Å². The van der Waals surface area contributed by atoms with Gasteiger partial charge < -0.3 is 9.84 Å². The van der Waals surface area contributed by atoms with Crippen LogP contribution in [0.2, 0.25) is 0 Å². The van der Waals surface area contributed by atoms with Crippen LogP contribution in [0, 0.1) is 0 Å². The van der Waals surface area contributed by atoms with Gasteiger partial charge in [0, 0.05) is 12.6 Å². The number of anilines is 1. The molecule has 23 heavy (non-hydrogen) atoms. The Morgan fingerprint density at radius 2 is 2.00 bits per heavy atom. The van der Waals surface area contributed by atoms with Gasteiger partial charge in [0.15, 0.2) is 11.6 Å². The fourth-order valence-electron chi connectivity index (χ4n) is 2.83. The molecule has 120 valence electrons. The molecule has 6 nitrogen and oxygen atoms in total. The number of aromatic nitrogens is 2. The van der Waals surface area contributed by atoms with Crippen molar-refractivity contribution in [2.24, 2.45) is 7.05 Å². The van der Waals surface area contributed by atoms with E-state index in [0.717, 1.165) is 12.8 Å². The molecular weight excluding hydrogens is 430 g/mol. The molecule has 1 saturated carbocycles. The smallest absolute Gasteiger partial charge is 0.259 e. The summed E-state index contributed by atoms with van der Waals surface area (Å²) in [4.78, 5) is 14.8. The molecule has 1 aliphatic carbocycles. The Morgan fingerprint density at radius 1 is 1.35 bits per heavy atom. The van der Waals surface area contributed by atoms with Crippen molar-refractivity contribution in [1.82, 2.24) is 9.78 Å². The number of carbonyl (C=O) groups is 1. The van der Waals surface area contributed by atoms with Crippen LogP contribution < -0.4 is 9.64 Å². The van der Waals surface area contributed by atoms with Crippen LogP contribution in [0.15, 0.2) is 27.3 Å². The fourth-order valence-corrected chi connectivity index (χ4v) is 4.02. The summed E-state index contributed by atoms with van der Waals surface area (Å²) < 4.78 is 8.58. The summed E-state index contributed by atoms with van der Waals surface area (Å²) in [5, 5.41) is 14.0. The van der Waals surface area contributed by atoms with Gasteiger partial charge in [0.1, 0.15) is 11.4 Å². The molecule has 1 aromatic heterocycles. The topological polar surface area (TPSA) is 67.6 Å². The number of amides is 1. The zero-order valence-electron chi connectivity index (χ0n) is 12.2. The third-order valence-corrected chi connectivity index (χ3v) is 5.43. The molecule has 2 aromatic rings. The molecule has 0 radical (unpaired) electrons. The summed E-state index contributed by atoms with van der Waals surface area (Å²) >= 11 is 6.54. The van der Waals surface area contributed by atoms with Crippen LogP contribution in [0.3, 0.4) is 0 Å². The van der Waals surface area contributed by atoms with Crippen LogP contribution in [0.25, 0.3) is 0 Å². The summed E-state index contributed by atoms with van der Waals surface area (Å²) in [6, 6.07) is 3.24. The maximum absolute atomic E-state index is 13.0. The maximum Gasteiger partial charge on any atom is 0.259 e. The highest BCUT2D eigenvalue weighted by atomic mass is 79.9. The lowest BCUT2D eigenvalue weighted by Crippen LogP contribution is -2.45. The first-order valence-electron chi connectivity index (χ1n) is 7.11. The first-order chi connectivity index (χ1) is 10.9. The van der Waals surface area contributed by atoms with E-state index in [-0.39, 0.29) is 17.3 Å². The average molecular weight is 443 g/mol. The third kappa shape index (κ3) is 2.35. The van der Waals surface area contributed by atoms with Crippen molar-refractivity contribution in [3.05, 3.63) is 32.8 Å². The minimum absolute atomic E-state index is 0.0726. The molecule has 1 N–H and O–H groups in total. The van der Waals surface area contributed by atoms with Crippen molar-refractivity contribution >= 4 is 43.6 Å². The van der Waals surface area contributed by atoms with Crippen molar-refractivity contribution in [3.8, 4) is 11.5 Å². The van der Waals surface area contributed by atoms with Crippen LogP contribution >= 0.6 is 31.9 Å². The molecule has 1 spiro atoms. The second kappa shape index (κ2) is 4.98. The molecule has 2 heterocycles. The minimum atomic E-state index is -0.267. The summed E-state index contributed by atoms with van der Waals surface area (Å²) in [7, 11) is 1.79. The van der Waals surface area contributed by atoms with E-state index in [9.17, 15) is 9.90 Å². The van der Waals surface area contributed by atoms with Crippen molar-refractivity contribution in [2.45, 2.75) is 18.4 Å². The molecule has 1 aromatic carbocycles. The average Bonchev–Trinajstić information content (AvgIpc) is 3.16. The number of fused-ring (bicyclic) bond motifs is 1. The molecular formula is C15H13Br2N3O3. The highest BCUT2D eigenvalue weighted by Crippen LogP contribution is 2.48. The highest BCUT2D eigenvalue weighted by Gasteiger charge is 2.52. The van der Waals surface area contributed by atoms with Crippen molar-refractivity contribution in [2.75, 3.05) is 11.4 Å². The molecule has 1 fully saturated rings. The molecule has 0 saturated heterocycles. The summed E-state index contributed by atoms with van der Waals surface area (Å²) in [5.74, 6) is 1.23. The zero-order valence-corrected chi connectivity index (χ0v) is 15.4. The van der Waals surface area contributed by atoms with Crippen molar-refractivity contribution < 1.29 is 14.6 Å². The van der Waals surface area contributed by atoms with E-state index in [0.29, 0.717) is 32.6 Å². The minimum Gasteiger partial charge on any atom is -0.506 e. The van der Waals surface area contributed by atoms with Gasteiger partial charge in [-0.05, 0) is 56.8 Å². The second-order valence-electron chi connectivity index (χ2n) is 5.92. The quantitative estimate of drug-likeness (QED) is 0.736. The number of aromatic hydroxyl groups is 1. The number of aryl methyl sites for hydroxylation is 1. The van der Waals surface area contributed by atoms with Gasteiger partial charge in [-0.25, -0.2) is 4.68 Å². The number of halogens is 2.